The van der Waals surface area contributed by atoms with Gasteiger partial charge in [-0.2, -0.15) is 0 Å². The fourth-order valence-electron chi connectivity index (χ4n) is 2.37. The highest BCUT2D eigenvalue weighted by atomic mass is 79.9. The van der Waals surface area contributed by atoms with Crippen LogP contribution in [0.5, 0.6) is 0 Å². The van der Waals surface area contributed by atoms with Crippen LogP contribution in [0.15, 0.2) is 28.7 Å². The van der Waals surface area contributed by atoms with E-state index in [2.05, 4.69) is 40.2 Å². The van der Waals surface area contributed by atoms with Crippen molar-refractivity contribution in [2.75, 3.05) is 0 Å². The van der Waals surface area contributed by atoms with E-state index >= 15 is 0 Å². The van der Waals surface area contributed by atoms with E-state index in [4.69, 9.17) is 4.74 Å². The Morgan fingerprint density at radius 1 is 1.26 bits per heavy atom. The minimum Gasteiger partial charge on any atom is -0.460 e. The fourth-order valence-corrected chi connectivity index (χ4v) is 2.64. The number of carbonyl (C=O) groups is 1. The molecule has 1 aromatic carbocycles. The molecule has 1 aliphatic carbocycles. The van der Waals surface area contributed by atoms with Crippen LogP contribution in [-0.4, -0.2) is 11.6 Å². The lowest BCUT2D eigenvalue weighted by atomic mass is 9.91. The third-order valence-electron chi connectivity index (χ3n) is 3.54. The number of benzene rings is 1. The third kappa shape index (κ3) is 4.07. The first-order valence-electron chi connectivity index (χ1n) is 6.79. The van der Waals surface area contributed by atoms with Gasteiger partial charge < -0.3 is 4.74 Å². The minimum atomic E-state index is -0.384. The Bertz CT molecular complexity index is 453. The van der Waals surface area contributed by atoms with Gasteiger partial charge in [0.25, 0.3) is 0 Å². The maximum Gasteiger partial charge on any atom is 0.306 e. The predicted octanol–water partition coefficient (Wildman–Crippen LogP) is 4.60. The Morgan fingerprint density at radius 2 is 1.84 bits per heavy atom. The molecule has 0 spiro atoms. The standard InChI is InChI=1S/C16H21BrO2/c1-15(2,3)19-14(18)8-9-16(10-11-16)12-4-6-13(17)7-5-12/h4-7H,8-11H2,1-3H3. The highest BCUT2D eigenvalue weighted by molar-refractivity contribution is 9.10. The summed E-state index contributed by atoms with van der Waals surface area (Å²) in [5, 5.41) is 0. The van der Waals surface area contributed by atoms with Crippen LogP contribution in [0.2, 0.25) is 0 Å². The fraction of sp³-hybridized carbons (Fsp3) is 0.562. The molecule has 0 amide bonds. The van der Waals surface area contributed by atoms with Crippen LogP contribution in [0, 0.1) is 0 Å². The van der Waals surface area contributed by atoms with Gasteiger partial charge in [-0.1, -0.05) is 28.1 Å². The first kappa shape index (κ1) is 14.6. The second-order valence-corrected chi connectivity index (χ2v) is 7.29. The molecule has 1 aromatic rings. The number of halogens is 1. The second-order valence-electron chi connectivity index (χ2n) is 6.37. The highest BCUT2D eigenvalue weighted by Gasteiger charge is 2.44. The monoisotopic (exact) mass is 324 g/mol. The van der Waals surface area contributed by atoms with E-state index in [0.717, 1.165) is 10.9 Å². The van der Waals surface area contributed by atoms with Crippen molar-refractivity contribution in [3.63, 3.8) is 0 Å². The molecule has 0 saturated heterocycles. The molecule has 0 radical (unpaired) electrons. The zero-order valence-electron chi connectivity index (χ0n) is 11.8. The minimum absolute atomic E-state index is 0.0871. The molecule has 0 heterocycles. The first-order chi connectivity index (χ1) is 8.81. The zero-order chi connectivity index (χ0) is 14.1. The van der Waals surface area contributed by atoms with Crippen LogP contribution < -0.4 is 0 Å². The predicted molar refractivity (Wildman–Crippen MR) is 80.1 cm³/mol. The molecular weight excluding hydrogens is 304 g/mol. The van der Waals surface area contributed by atoms with Crippen LogP contribution in [-0.2, 0) is 14.9 Å². The van der Waals surface area contributed by atoms with Crippen molar-refractivity contribution in [1.82, 2.24) is 0 Å². The van der Waals surface area contributed by atoms with Gasteiger partial charge in [0, 0.05) is 10.9 Å². The quantitative estimate of drug-likeness (QED) is 0.756. The summed E-state index contributed by atoms with van der Waals surface area (Å²) in [5.74, 6) is -0.0871. The Morgan fingerprint density at radius 3 is 2.32 bits per heavy atom. The highest BCUT2D eigenvalue weighted by Crippen LogP contribution is 2.51. The van der Waals surface area contributed by atoms with Crippen molar-refractivity contribution in [2.24, 2.45) is 0 Å². The Hall–Kier alpha value is -0.830. The molecular formula is C16H21BrO2. The van der Waals surface area contributed by atoms with Crippen LogP contribution in [0.3, 0.4) is 0 Å². The molecule has 2 rings (SSSR count). The Balaban J connectivity index is 1.92. The molecule has 1 aliphatic rings. The van der Waals surface area contributed by atoms with Gasteiger partial charge in [0.15, 0.2) is 0 Å². The summed E-state index contributed by atoms with van der Waals surface area (Å²) in [6, 6.07) is 8.46. The summed E-state index contributed by atoms with van der Waals surface area (Å²) >= 11 is 3.45. The third-order valence-corrected chi connectivity index (χ3v) is 4.07. The molecule has 0 aliphatic heterocycles. The van der Waals surface area contributed by atoms with Gasteiger partial charge in [0.2, 0.25) is 0 Å². The van der Waals surface area contributed by atoms with Gasteiger partial charge in [0.05, 0.1) is 0 Å². The van der Waals surface area contributed by atoms with Gasteiger partial charge in [-0.3, -0.25) is 4.79 Å². The largest absolute Gasteiger partial charge is 0.460 e. The van der Waals surface area contributed by atoms with Crippen molar-refractivity contribution in [2.45, 2.75) is 57.5 Å². The van der Waals surface area contributed by atoms with Gasteiger partial charge in [-0.15, -0.1) is 0 Å². The Kier molecular flexibility index (Phi) is 4.05. The second kappa shape index (κ2) is 5.28. The van der Waals surface area contributed by atoms with Crippen LogP contribution in [0.25, 0.3) is 0 Å². The summed E-state index contributed by atoms with van der Waals surface area (Å²) in [4.78, 5) is 11.8. The molecule has 0 unspecified atom stereocenters. The van der Waals surface area contributed by atoms with Crippen molar-refractivity contribution >= 4 is 21.9 Å². The van der Waals surface area contributed by atoms with Gasteiger partial charge >= 0.3 is 5.97 Å². The average Bonchev–Trinajstić information content (AvgIpc) is 3.06. The van der Waals surface area contributed by atoms with Crippen molar-refractivity contribution in [3.8, 4) is 0 Å². The molecule has 0 bridgehead atoms. The summed E-state index contributed by atoms with van der Waals surface area (Å²) < 4.78 is 6.47. The van der Waals surface area contributed by atoms with Gasteiger partial charge in [-0.25, -0.2) is 0 Å². The SMILES string of the molecule is CC(C)(C)OC(=O)CCC1(c2ccc(Br)cc2)CC1. The van der Waals surface area contributed by atoms with E-state index < -0.39 is 0 Å². The molecule has 19 heavy (non-hydrogen) atoms. The van der Waals surface area contributed by atoms with Gasteiger partial charge in [-0.05, 0) is 63.1 Å². The summed E-state index contributed by atoms with van der Waals surface area (Å²) in [5.41, 5.74) is 1.18. The molecule has 1 saturated carbocycles. The van der Waals surface area contributed by atoms with Crippen LogP contribution in [0.4, 0.5) is 0 Å². The molecule has 0 aromatic heterocycles. The summed E-state index contributed by atoms with van der Waals surface area (Å²) in [6.07, 6.45) is 3.76. The molecule has 0 atom stereocenters. The van der Waals surface area contributed by atoms with Crippen molar-refractivity contribution < 1.29 is 9.53 Å². The smallest absolute Gasteiger partial charge is 0.306 e. The lowest BCUT2D eigenvalue weighted by Gasteiger charge is -2.21. The maximum absolute atomic E-state index is 11.8. The van der Waals surface area contributed by atoms with E-state index in [9.17, 15) is 4.79 Å². The number of carbonyl (C=O) groups excluding carboxylic acids is 1. The van der Waals surface area contributed by atoms with E-state index in [1.165, 1.54) is 18.4 Å². The number of rotatable bonds is 4. The number of hydrogen-bond acceptors (Lipinski definition) is 2. The van der Waals surface area contributed by atoms with Crippen LogP contribution >= 0.6 is 15.9 Å². The summed E-state index contributed by atoms with van der Waals surface area (Å²) in [6.45, 7) is 5.73. The van der Waals surface area contributed by atoms with E-state index in [0.29, 0.717) is 6.42 Å². The number of ether oxygens (including phenoxy) is 1. The van der Waals surface area contributed by atoms with Crippen LogP contribution in [0.1, 0.15) is 52.0 Å². The molecule has 3 heteroatoms. The summed E-state index contributed by atoms with van der Waals surface area (Å²) in [7, 11) is 0. The topological polar surface area (TPSA) is 26.3 Å². The average molecular weight is 325 g/mol. The van der Waals surface area contributed by atoms with E-state index in [1.54, 1.807) is 0 Å². The lowest BCUT2D eigenvalue weighted by Crippen LogP contribution is -2.24. The molecule has 0 N–H and O–H groups in total. The zero-order valence-corrected chi connectivity index (χ0v) is 13.4. The van der Waals surface area contributed by atoms with E-state index in [-0.39, 0.29) is 17.0 Å². The lowest BCUT2D eigenvalue weighted by molar-refractivity contribution is -0.155. The van der Waals surface area contributed by atoms with Crippen molar-refractivity contribution in [1.29, 1.82) is 0 Å². The van der Waals surface area contributed by atoms with Crippen molar-refractivity contribution in [3.05, 3.63) is 34.3 Å². The molecule has 1 fully saturated rings. The maximum atomic E-state index is 11.8. The van der Waals surface area contributed by atoms with E-state index in [1.807, 2.05) is 20.8 Å². The van der Waals surface area contributed by atoms with Gasteiger partial charge in [0.1, 0.15) is 5.60 Å². The number of esters is 1. The number of hydrogen-bond donors (Lipinski definition) is 0. The Labute approximate surface area is 123 Å². The normalized spacial score (nSPS) is 17.1. The molecule has 2 nitrogen and oxygen atoms in total. The first-order valence-corrected chi connectivity index (χ1v) is 7.58. The molecule has 104 valence electrons.